The van der Waals surface area contributed by atoms with Gasteiger partial charge in [0.2, 0.25) is 5.91 Å². The van der Waals surface area contributed by atoms with Crippen molar-refractivity contribution >= 4 is 37.9 Å². The Hall–Kier alpha value is -4.77. The lowest BCUT2D eigenvalue weighted by atomic mass is 10.1. The molecule has 41 heavy (non-hydrogen) atoms. The minimum atomic E-state index is -3.47. The Morgan fingerprint density at radius 2 is 1.88 bits per heavy atom. The molecule has 3 heterocycles. The molecule has 0 spiro atoms. The van der Waals surface area contributed by atoms with Gasteiger partial charge < -0.3 is 15.8 Å². The van der Waals surface area contributed by atoms with Crippen molar-refractivity contribution in [2.45, 2.75) is 49.6 Å². The Morgan fingerprint density at radius 1 is 1.07 bits per heavy atom. The van der Waals surface area contributed by atoms with Crippen LogP contribution < -0.4 is 15.8 Å². The van der Waals surface area contributed by atoms with Crippen LogP contribution >= 0.6 is 0 Å². The molecule has 5 rings (SSSR count). The number of aryl methyl sites for hydroxylation is 1. The zero-order valence-electron chi connectivity index (χ0n) is 23.2. The maximum atomic E-state index is 13.5. The van der Waals surface area contributed by atoms with E-state index in [0.29, 0.717) is 28.1 Å². The molecule has 0 aliphatic carbocycles. The lowest BCUT2D eigenvalue weighted by Crippen LogP contribution is -2.22. The third-order valence-electron chi connectivity index (χ3n) is 6.46. The minimum Gasteiger partial charge on any atom is -0.456 e. The van der Waals surface area contributed by atoms with Gasteiger partial charge in [-0.15, -0.1) is 0 Å². The van der Waals surface area contributed by atoms with Gasteiger partial charge >= 0.3 is 0 Å². The Bertz CT molecular complexity index is 1880. The molecule has 1 atom stereocenters. The third kappa shape index (κ3) is 5.90. The Morgan fingerprint density at radius 3 is 2.59 bits per heavy atom. The van der Waals surface area contributed by atoms with Crippen LogP contribution in [0.4, 0.5) is 11.4 Å². The number of amides is 1. The lowest BCUT2D eigenvalue weighted by Gasteiger charge is -2.18. The number of anilines is 2. The van der Waals surface area contributed by atoms with Gasteiger partial charge in [0, 0.05) is 24.0 Å². The second-order valence-corrected chi connectivity index (χ2v) is 12.7. The van der Waals surface area contributed by atoms with Gasteiger partial charge in [0.15, 0.2) is 5.03 Å². The fourth-order valence-corrected chi connectivity index (χ4v) is 5.70. The van der Waals surface area contributed by atoms with Gasteiger partial charge in [-0.1, -0.05) is 12.1 Å². The first-order valence-electron chi connectivity index (χ1n) is 12.9. The molecule has 0 bridgehead atoms. The van der Waals surface area contributed by atoms with Gasteiger partial charge in [0.05, 0.1) is 39.9 Å². The number of nitrogens with two attached hydrogens (primary N) is 1. The number of ether oxygens (including phenoxy) is 1. The summed E-state index contributed by atoms with van der Waals surface area (Å²) in [5, 5.41) is 7.83. The molecule has 0 radical (unpaired) electrons. The van der Waals surface area contributed by atoms with Gasteiger partial charge in [0.1, 0.15) is 21.2 Å². The molecule has 0 saturated carbocycles. The van der Waals surface area contributed by atoms with Crippen LogP contribution in [0.25, 0.3) is 10.9 Å². The normalized spacial score (nSPS) is 13.1. The average molecular weight is 570 g/mol. The monoisotopic (exact) mass is 569 g/mol. The molecule has 0 saturated heterocycles. The predicted octanol–water partition coefficient (Wildman–Crippen LogP) is 5.91. The van der Waals surface area contributed by atoms with E-state index in [0.717, 1.165) is 11.1 Å². The predicted molar refractivity (Wildman–Crippen MR) is 159 cm³/mol. The van der Waals surface area contributed by atoms with Crippen LogP contribution in [0.1, 0.15) is 31.9 Å². The van der Waals surface area contributed by atoms with Crippen LogP contribution in [-0.4, -0.2) is 29.9 Å². The molecule has 0 aliphatic rings. The van der Waals surface area contributed by atoms with Crippen LogP contribution in [0.15, 0.2) is 89.3 Å². The molecule has 11 heteroatoms. The number of carbonyl (C=O) groups is 1. The number of benzene rings is 2. The molecular formula is C30H31N7O3S. The summed E-state index contributed by atoms with van der Waals surface area (Å²) in [5.41, 5.74) is 8.93. The summed E-state index contributed by atoms with van der Waals surface area (Å²) in [4.78, 5) is 21.4. The molecule has 5 aromatic rings. The zero-order valence-corrected chi connectivity index (χ0v) is 24.0. The summed E-state index contributed by atoms with van der Waals surface area (Å²) in [5.74, 6) is 0.941. The van der Waals surface area contributed by atoms with Crippen LogP contribution in [0.2, 0.25) is 0 Å². The fourth-order valence-electron chi connectivity index (χ4n) is 4.32. The van der Waals surface area contributed by atoms with Gasteiger partial charge in [-0.05, 0) is 81.3 Å². The number of nitrogens with zero attached hydrogens (tertiary/aromatic N) is 4. The van der Waals surface area contributed by atoms with Gasteiger partial charge in [-0.3, -0.25) is 14.5 Å². The standard InChI is InChI=1S/C30H31N7O3S/c1-19-14-20(15-28(38)36-21-17-35-37(18-21)30(2,3)4)7-10-26(19)40-27-11-13-33-25-9-8-22(16-23(25)27)41(32,39)29-24(31)6-5-12-34-29/h5-14,16-18,32H,15,31H2,1-4H3,(H,36,38). The molecule has 1 unspecified atom stereocenters. The Balaban J connectivity index is 1.36. The van der Waals surface area contributed by atoms with Gasteiger partial charge in [-0.25, -0.2) is 14.0 Å². The number of carbonyl (C=O) groups excluding carboxylic acids is 1. The molecule has 3 aromatic heterocycles. The number of aromatic nitrogens is 4. The van der Waals surface area contributed by atoms with Crippen LogP contribution in [0.3, 0.4) is 0 Å². The van der Waals surface area contributed by atoms with Gasteiger partial charge in [0.25, 0.3) is 0 Å². The van der Waals surface area contributed by atoms with E-state index in [4.69, 9.17) is 15.3 Å². The molecule has 0 fully saturated rings. The van der Waals surface area contributed by atoms with Gasteiger partial charge in [-0.2, -0.15) is 5.10 Å². The van der Waals surface area contributed by atoms with Crippen LogP contribution in [0, 0.1) is 11.7 Å². The molecule has 2 aromatic carbocycles. The largest absolute Gasteiger partial charge is 0.456 e. The SMILES string of the molecule is Cc1cc(CC(=O)Nc2cnn(C(C)(C)C)c2)ccc1Oc1ccnc2ccc(S(=N)(=O)c3ncccc3N)cc12. The van der Waals surface area contributed by atoms with E-state index in [1.54, 1.807) is 53.5 Å². The second kappa shape index (κ2) is 10.7. The highest BCUT2D eigenvalue weighted by Gasteiger charge is 2.20. The summed E-state index contributed by atoms with van der Waals surface area (Å²) in [7, 11) is -3.47. The molecule has 1 amide bonds. The number of pyridine rings is 2. The number of rotatable bonds is 7. The summed E-state index contributed by atoms with van der Waals surface area (Å²) in [6.07, 6.45) is 6.74. The number of nitrogens with one attached hydrogen (secondary N) is 2. The first kappa shape index (κ1) is 27.8. The van der Waals surface area contributed by atoms with Crippen LogP contribution in [-0.2, 0) is 26.5 Å². The van der Waals surface area contributed by atoms with E-state index >= 15 is 0 Å². The summed E-state index contributed by atoms with van der Waals surface area (Å²) in [6, 6.07) is 15.4. The Labute approximate surface area is 238 Å². The summed E-state index contributed by atoms with van der Waals surface area (Å²) >= 11 is 0. The molecule has 10 nitrogen and oxygen atoms in total. The van der Waals surface area contributed by atoms with Crippen molar-refractivity contribution in [1.82, 2.24) is 19.7 Å². The van der Waals surface area contributed by atoms with Crippen LogP contribution in [0.5, 0.6) is 11.5 Å². The first-order valence-corrected chi connectivity index (χ1v) is 14.5. The molecular weight excluding hydrogens is 538 g/mol. The summed E-state index contributed by atoms with van der Waals surface area (Å²) in [6.45, 7) is 8.02. The quantitative estimate of drug-likeness (QED) is 0.221. The number of nitrogen functional groups attached to an aromatic ring is 1. The zero-order chi connectivity index (χ0) is 29.4. The first-order chi connectivity index (χ1) is 19.4. The van der Waals surface area contributed by atoms with Crippen molar-refractivity contribution in [3.63, 3.8) is 0 Å². The van der Waals surface area contributed by atoms with Crippen molar-refractivity contribution in [1.29, 1.82) is 4.78 Å². The summed E-state index contributed by atoms with van der Waals surface area (Å²) < 4.78 is 30.2. The van der Waals surface area contributed by atoms with Crippen molar-refractivity contribution < 1.29 is 13.7 Å². The number of fused-ring (bicyclic) bond motifs is 1. The minimum absolute atomic E-state index is 0.0178. The number of hydrogen-bond acceptors (Lipinski definition) is 8. The molecule has 0 aliphatic heterocycles. The maximum Gasteiger partial charge on any atom is 0.228 e. The number of hydrogen-bond donors (Lipinski definition) is 3. The van der Waals surface area contributed by atoms with E-state index < -0.39 is 9.73 Å². The highest BCUT2D eigenvalue weighted by atomic mass is 32.2. The topological polar surface area (TPSA) is 149 Å². The van der Waals surface area contributed by atoms with E-state index in [9.17, 15) is 9.00 Å². The highest BCUT2D eigenvalue weighted by molar-refractivity contribution is 7.92. The lowest BCUT2D eigenvalue weighted by molar-refractivity contribution is -0.115. The highest BCUT2D eigenvalue weighted by Crippen LogP contribution is 2.34. The van der Waals surface area contributed by atoms with E-state index in [1.807, 2.05) is 52.1 Å². The smallest absolute Gasteiger partial charge is 0.228 e. The average Bonchev–Trinajstić information content (AvgIpc) is 3.39. The Kier molecular flexibility index (Phi) is 7.22. The molecule has 4 N–H and O–H groups in total. The second-order valence-electron chi connectivity index (χ2n) is 10.7. The third-order valence-corrected chi connectivity index (χ3v) is 8.26. The molecule has 210 valence electrons. The van der Waals surface area contributed by atoms with Crippen molar-refractivity contribution in [2.24, 2.45) is 0 Å². The maximum absolute atomic E-state index is 13.5. The fraction of sp³-hybridized carbons (Fsp3) is 0.200. The van der Waals surface area contributed by atoms with Crippen molar-refractivity contribution in [2.75, 3.05) is 11.1 Å². The van der Waals surface area contributed by atoms with Crippen molar-refractivity contribution in [3.05, 3.63) is 90.5 Å². The van der Waals surface area contributed by atoms with E-state index in [1.165, 1.54) is 6.20 Å². The van der Waals surface area contributed by atoms with E-state index in [2.05, 4.69) is 20.4 Å². The van der Waals surface area contributed by atoms with E-state index in [-0.39, 0.29) is 33.5 Å². The van der Waals surface area contributed by atoms with Crippen molar-refractivity contribution in [3.8, 4) is 11.5 Å².